The van der Waals surface area contributed by atoms with Crippen molar-refractivity contribution >= 4 is 29.4 Å². The molecule has 1 saturated heterocycles. The third kappa shape index (κ3) is 5.01. The molecule has 0 bridgehead atoms. The number of nitrogens with zero attached hydrogens (tertiary/aromatic N) is 2. The summed E-state index contributed by atoms with van der Waals surface area (Å²) in [6.45, 7) is 2.79. The number of para-hydroxylation sites is 1. The SMILES string of the molecule is C[C@H](OC(=O)c1ccccc1NC(=O)c1ccco1)C(=O)N1CCN(C(=O)c2ccco2)CC1. The number of ether oxygens (including phenoxy) is 1. The second kappa shape index (κ2) is 10.1. The van der Waals surface area contributed by atoms with Gasteiger partial charge in [-0.15, -0.1) is 0 Å². The van der Waals surface area contributed by atoms with Crippen molar-refractivity contribution in [3.05, 3.63) is 78.1 Å². The maximum Gasteiger partial charge on any atom is 0.341 e. The van der Waals surface area contributed by atoms with Crippen LogP contribution in [0.5, 0.6) is 0 Å². The first-order valence-corrected chi connectivity index (χ1v) is 10.7. The molecule has 1 aliphatic heterocycles. The quantitative estimate of drug-likeness (QED) is 0.555. The minimum atomic E-state index is -1.05. The van der Waals surface area contributed by atoms with Crippen LogP contribution in [0.1, 0.15) is 38.4 Å². The van der Waals surface area contributed by atoms with Crippen LogP contribution in [-0.4, -0.2) is 65.8 Å². The molecule has 3 heterocycles. The Balaban J connectivity index is 1.34. The van der Waals surface area contributed by atoms with Crippen molar-refractivity contribution in [1.29, 1.82) is 0 Å². The van der Waals surface area contributed by atoms with Gasteiger partial charge in [0.25, 0.3) is 17.7 Å². The zero-order valence-electron chi connectivity index (χ0n) is 18.4. The van der Waals surface area contributed by atoms with Gasteiger partial charge in [0.1, 0.15) is 0 Å². The van der Waals surface area contributed by atoms with Crippen LogP contribution >= 0.6 is 0 Å². The van der Waals surface area contributed by atoms with Crippen molar-refractivity contribution in [2.45, 2.75) is 13.0 Å². The molecule has 0 spiro atoms. The molecule has 1 aromatic carbocycles. The van der Waals surface area contributed by atoms with E-state index in [0.717, 1.165) is 0 Å². The normalized spacial score (nSPS) is 14.4. The third-order valence-corrected chi connectivity index (χ3v) is 5.38. The van der Waals surface area contributed by atoms with E-state index in [2.05, 4.69) is 5.32 Å². The molecule has 34 heavy (non-hydrogen) atoms. The van der Waals surface area contributed by atoms with E-state index in [0.29, 0.717) is 26.2 Å². The van der Waals surface area contributed by atoms with Crippen LogP contribution < -0.4 is 5.32 Å². The number of hydrogen-bond acceptors (Lipinski definition) is 7. The van der Waals surface area contributed by atoms with Gasteiger partial charge in [0, 0.05) is 26.2 Å². The van der Waals surface area contributed by atoms with Crippen molar-refractivity contribution in [1.82, 2.24) is 9.80 Å². The molecule has 10 nitrogen and oxygen atoms in total. The summed E-state index contributed by atoms with van der Waals surface area (Å²) in [5.74, 6) is -1.52. The van der Waals surface area contributed by atoms with Crippen LogP contribution in [0.3, 0.4) is 0 Å². The van der Waals surface area contributed by atoms with E-state index in [4.69, 9.17) is 13.6 Å². The molecule has 4 rings (SSSR count). The number of furan rings is 2. The van der Waals surface area contributed by atoms with Gasteiger partial charge in [0.15, 0.2) is 17.6 Å². The van der Waals surface area contributed by atoms with Gasteiger partial charge in [0.05, 0.1) is 23.8 Å². The Labute approximate surface area is 195 Å². The second-order valence-electron chi connectivity index (χ2n) is 7.62. The number of carbonyl (C=O) groups is 4. The molecular formula is C24H23N3O7. The first-order valence-electron chi connectivity index (χ1n) is 10.7. The predicted octanol–water partition coefficient (Wildman–Crippen LogP) is 2.65. The summed E-state index contributed by atoms with van der Waals surface area (Å²) in [6, 6.07) is 12.6. The number of anilines is 1. The molecule has 1 fully saturated rings. The molecule has 1 aliphatic rings. The van der Waals surface area contributed by atoms with E-state index < -0.39 is 18.0 Å². The number of rotatable bonds is 6. The van der Waals surface area contributed by atoms with Crippen molar-refractivity contribution in [3.63, 3.8) is 0 Å². The van der Waals surface area contributed by atoms with E-state index in [1.165, 1.54) is 31.6 Å². The van der Waals surface area contributed by atoms with Gasteiger partial charge in [0.2, 0.25) is 0 Å². The number of nitrogens with one attached hydrogen (secondary N) is 1. The maximum absolute atomic E-state index is 12.8. The number of benzene rings is 1. The first kappa shape index (κ1) is 22.8. The van der Waals surface area contributed by atoms with Crippen molar-refractivity contribution in [3.8, 4) is 0 Å². The van der Waals surface area contributed by atoms with Crippen LogP contribution in [0.2, 0.25) is 0 Å². The summed E-state index contributed by atoms with van der Waals surface area (Å²) in [7, 11) is 0. The van der Waals surface area contributed by atoms with E-state index in [9.17, 15) is 19.2 Å². The highest BCUT2D eigenvalue weighted by molar-refractivity contribution is 6.07. The highest BCUT2D eigenvalue weighted by Gasteiger charge is 2.30. The highest BCUT2D eigenvalue weighted by atomic mass is 16.5. The van der Waals surface area contributed by atoms with Gasteiger partial charge >= 0.3 is 5.97 Å². The fraction of sp³-hybridized carbons (Fsp3) is 0.250. The molecule has 3 aromatic rings. The Morgan fingerprint density at radius 3 is 2.12 bits per heavy atom. The molecule has 2 aromatic heterocycles. The van der Waals surface area contributed by atoms with E-state index in [1.807, 2.05) is 0 Å². The van der Waals surface area contributed by atoms with Gasteiger partial charge in [-0.05, 0) is 43.3 Å². The molecule has 0 unspecified atom stereocenters. The van der Waals surface area contributed by atoms with E-state index in [1.54, 1.807) is 46.2 Å². The lowest BCUT2D eigenvalue weighted by atomic mass is 10.1. The average molecular weight is 465 g/mol. The van der Waals surface area contributed by atoms with Crippen molar-refractivity contribution in [2.24, 2.45) is 0 Å². The second-order valence-corrected chi connectivity index (χ2v) is 7.62. The standard InChI is InChI=1S/C24H23N3O7/c1-16(22(29)26-10-12-27(13-11-26)23(30)20-9-5-15-33-20)34-24(31)17-6-2-3-7-18(17)25-21(28)19-8-4-14-32-19/h2-9,14-16H,10-13H2,1H3,(H,25,28)/t16-/m0/s1. The largest absolute Gasteiger partial charge is 0.459 e. The highest BCUT2D eigenvalue weighted by Crippen LogP contribution is 2.19. The van der Waals surface area contributed by atoms with Crippen molar-refractivity contribution in [2.75, 3.05) is 31.5 Å². The number of esters is 1. The van der Waals surface area contributed by atoms with Gasteiger partial charge in [-0.2, -0.15) is 0 Å². The van der Waals surface area contributed by atoms with Crippen molar-refractivity contribution < 1.29 is 32.7 Å². The third-order valence-electron chi connectivity index (χ3n) is 5.38. The van der Waals surface area contributed by atoms with Gasteiger partial charge in [-0.1, -0.05) is 12.1 Å². The minimum absolute atomic E-state index is 0.0939. The summed E-state index contributed by atoms with van der Waals surface area (Å²) in [4.78, 5) is 53.4. The average Bonchev–Trinajstić information content (AvgIpc) is 3.58. The Kier molecular flexibility index (Phi) is 6.77. The molecule has 0 saturated carbocycles. The Morgan fingerprint density at radius 2 is 1.47 bits per heavy atom. The molecular weight excluding hydrogens is 442 g/mol. The predicted molar refractivity (Wildman–Crippen MR) is 119 cm³/mol. The van der Waals surface area contributed by atoms with Crippen LogP contribution in [0, 0.1) is 0 Å². The van der Waals surface area contributed by atoms with Crippen LogP contribution in [-0.2, 0) is 9.53 Å². The summed E-state index contributed by atoms with van der Waals surface area (Å²) in [5, 5.41) is 2.61. The first-order chi connectivity index (χ1) is 16.4. The van der Waals surface area contributed by atoms with E-state index in [-0.39, 0.29) is 34.6 Å². The summed E-state index contributed by atoms with van der Waals surface area (Å²) in [5.41, 5.74) is 0.342. The number of amides is 3. The molecule has 0 aliphatic carbocycles. The molecule has 10 heteroatoms. The molecule has 3 amide bonds. The lowest BCUT2D eigenvalue weighted by Gasteiger charge is -2.35. The summed E-state index contributed by atoms with van der Waals surface area (Å²) < 4.78 is 15.6. The Bertz CT molecular complexity index is 1160. The van der Waals surface area contributed by atoms with Crippen LogP contribution in [0.25, 0.3) is 0 Å². The van der Waals surface area contributed by atoms with Gasteiger partial charge in [-0.3, -0.25) is 14.4 Å². The maximum atomic E-state index is 12.8. The number of carbonyl (C=O) groups excluding carboxylic acids is 4. The molecule has 1 N–H and O–H groups in total. The lowest BCUT2D eigenvalue weighted by Crippen LogP contribution is -2.53. The zero-order valence-corrected chi connectivity index (χ0v) is 18.4. The smallest absolute Gasteiger partial charge is 0.341 e. The molecule has 0 radical (unpaired) electrons. The van der Waals surface area contributed by atoms with E-state index >= 15 is 0 Å². The lowest BCUT2D eigenvalue weighted by molar-refractivity contribution is -0.141. The Hall–Kier alpha value is -4.34. The van der Waals surface area contributed by atoms with Gasteiger partial charge in [-0.25, -0.2) is 4.79 Å². The number of piperazine rings is 1. The Morgan fingerprint density at radius 1 is 0.853 bits per heavy atom. The number of hydrogen-bond donors (Lipinski definition) is 1. The zero-order chi connectivity index (χ0) is 24.1. The van der Waals surface area contributed by atoms with Crippen LogP contribution in [0.4, 0.5) is 5.69 Å². The topological polar surface area (TPSA) is 122 Å². The minimum Gasteiger partial charge on any atom is -0.459 e. The summed E-state index contributed by atoms with van der Waals surface area (Å²) >= 11 is 0. The van der Waals surface area contributed by atoms with Crippen LogP contribution in [0.15, 0.2) is 69.9 Å². The molecule has 176 valence electrons. The monoisotopic (exact) mass is 465 g/mol. The molecule has 1 atom stereocenters. The van der Waals surface area contributed by atoms with Gasteiger partial charge < -0.3 is 28.7 Å². The summed E-state index contributed by atoms with van der Waals surface area (Å²) in [6.07, 6.45) is 1.76. The fourth-order valence-electron chi connectivity index (χ4n) is 3.58. The fourth-order valence-corrected chi connectivity index (χ4v) is 3.58.